The Kier molecular flexibility index (Phi) is 14.1. The van der Waals surface area contributed by atoms with Gasteiger partial charge in [0.25, 0.3) is 0 Å². The van der Waals surface area contributed by atoms with Crippen molar-refractivity contribution in [2.75, 3.05) is 13.2 Å². The van der Waals surface area contributed by atoms with E-state index in [1.807, 2.05) is 0 Å². The standard InChI is InChI=1S/C39H50O24/c1-11-21(44)26(49)29(52)37(57-11)63-35-28(51)24(47)19(10-55-36-31(54)33(22(45)12(2)56-36)61-38-30(53)27(50)23(46)18(9-40)59-38)60-39(35)62-34-25(48)20-16(43)7-15(42)8-17(20)58-32(34)13-3-5-14(41)6-4-13/h3-8,11-12,18-19,21-24,26-31,33,35-47,49-54H,9-10H2,1-2H3/t11-,12-,18+,19+,21-,22-,23+,24-,26+,27-,28-,29+,30+,31+,33+,35+,36+,37-,38-,39-/m0/s1. The Balaban J connectivity index is 1.19. The van der Waals surface area contributed by atoms with E-state index in [-0.39, 0.29) is 22.7 Å². The van der Waals surface area contributed by atoms with Crippen LogP contribution in [0.25, 0.3) is 22.3 Å². The van der Waals surface area contributed by atoms with E-state index in [9.17, 15) is 76.3 Å². The highest BCUT2D eigenvalue weighted by molar-refractivity contribution is 5.88. The van der Waals surface area contributed by atoms with Crippen molar-refractivity contribution in [2.45, 2.75) is 137 Å². The topological polar surface area (TPSA) is 387 Å². The molecule has 0 saturated carbocycles. The lowest BCUT2D eigenvalue weighted by Crippen LogP contribution is -2.65. The second-order valence-corrected chi connectivity index (χ2v) is 15.7. The maximum Gasteiger partial charge on any atom is 0.239 e. The summed E-state index contributed by atoms with van der Waals surface area (Å²) in [6.45, 7) is 1.11. The summed E-state index contributed by atoms with van der Waals surface area (Å²) in [4.78, 5) is 14.2. The molecule has 24 heteroatoms. The molecule has 350 valence electrons. The molecular weight excluding hydrogens is 852 g/mol. The van der Waals surface area contributed by atoms with Crippen LogP contribution in [0.1, 0.15) is 13.8 Å². The van der Waals surface area contributed by atoms with Gasteiger partial charge in [0.1, 0.15) is 108 Å². The van der Waals surface area contributed by atoms with Crippen LogP contribution in [-0.2, 0) is 33.2 Å². The van der Waals surface area contributed by atoms with Gasteiger partial charge in [-0.3, -0.25) is 4.79 Å². The van der Waals surface area contributed by atoms with Crippen LogP contribution in [0.15, 0.2) is 45.6 Å². The predicted octanol–water partition coefficient (Wildman–Crippen LogP) is -4.72. The molecule has 2 aromatic carbocycles. The van der Waals surface area contributed by atoms with Gasteiger partial charge in [-0.25, -0.2) is 0 Å². The van der Waals surface area contributed by atoms with Gasteiger partial charge in [0.05, 0.1) is 25.4 Å². The van der Waals surface area contributed by atoms with Crippen molar-refractivity contribution in [1.29, 1.82) is 0 Å². The van der Waals surface area contributed by atoms with Crippen LogP contribution in [0.5, 0.6) is 23.0 Å². The number of phenols is 3. The highest BCUT2D eigenvalue weighted by Crippen LogP contribution is 2.39. The van der Waals surface area contributed by atoms with Crippen LogP contribution in [0, 0.1) is 0 Å². The Hall–Kier alpha value is -3.87. The first kappa shape index (κ1) is 47.1. The Morgan fingerprint density at radius 2 is 1.14 bits per heavy atom. The number of aliphatic hydroxyl groups is 11. The first-order chi connectivity index (χ1) is 29.8. The normalized spacial score (nSPS) is 41.1. The molecule has 7 rings (SSSR count). The predicted molar refractivity (Wildman–Crippen MR) is 202 cm³/mol. The molecule has 4 aliphatic rings. The summed E-state index contributed by atoms with van der Waals surface area (Å²) >= 11 is 0. The lowest BCUT2D eigenvalue weighted by atomic mass is 9.97. The molecule has 14 N–H and O–H groups in total. The van der Waals surface area contributed by atoms with Gasteiger partial charge >= 0.3 is 0 Å². The van der Waals surface area contributed by atoms with Crippen molar-refractivity contribution in [3.8, 4) is 34.3 Å². The third kappa shape index (κ3) is 9.19. The molecule has 3 aromatic rings. The number of benzene rings is 2. The van der Waals surface area contributed by atoms with Gasteiger partial charge in [-0.05, 0) is 38.1 Å². The third-order valence-corrected chi connectivity index (χ3v) is 11.4. The lowest BCUT2D eigenvalue weighted by Gasteiger charge is -2.47. The summed E-state index contributed by atoms with van der Waals surface area (Å²) in [6.07, 6.45) is -34.9. The number of phenolic OH excluding ortho intramolecular Hbond substituents is 3. The molecule has 0 radical (unpaired) electrons. The molecule has 4 aliphatic heterocycles. The van der Waals surface area contributed by atoms with Gasteiger partial charge in [-0.1, -0.05) is 0 Å². The molecular formula is C39H50O24. The minimum atomic E-state index is -2.09. The van der Waals surface area contributed by atoms with Crippen molar-refractivity contribution >= 4 is 11.0 Å². The zero-order valence-electron chi connectivity index (χ0n) is 33.3. The maximum atomic E-state index is 14.2. The number of hydrogen-bond acceptors (Lipinski definition) is 24. The summed E-state index contributed by atoms with van der Waals surface area (Å²) in [5.41, 5.74) is -1.28. The molecule has 4 fully saturated rings. The van der Waals surface area contributed by atoms with E-state index in [4.69, 9.17) is 42.3 Å². The number of aromatic hydroxyl groups is 3. The van der Waals surface area contributed by atoms with Gasteiger partial charge in [0.2, 0.25) is 17.5 Å². The van der Waals surface area contributed by atoms with Crippen LogP contribution in [0.2, 0.25) is 0 Å². The lowest BCUT2D eigenvalue weighted by molar-refractivity contribution is -0.368. The first-order valence-electron chi connectivity index (χ1n) is 19.8. The summed E-state index contributed by atoms with van der Waals surface area (Å²) in [5, 5.41) is 148. The van der Waals surface area contributed by atoms with Gasteiger partial charge in [-0.2, -0.15) is 0 Å². The smallest absolute Gasteiger partial charge is 0.239 e. The molecule has 4 saturated heterocycles. The zero-order chi connectivity index (χ0) is 45.8. The molecule has 24 nitrogen and oxygen atoms in total. The van der Waals surface area contributed by atoms with E-state index in [1.165, 1.54) is 38.1 Å². The van der Waals surface area contributed by atoms with E-state index in [2.05, 4.69) is 0 Å². The molecule has 20 atom stereocenters. The van der Waals surface area contributed by atoms with Crippen molar-refractivity contribution < 1.29 is 114 Å². The average molecular weight is 903 g/mol. The first-order valence-corrected chi connectivity index (χ1v) is 19.8. The Morgan fingerprint density at radius 1 is 0.571 bits per heavy atom. The van der Waals surface area contributed by atoms with Crippen molar-refractivity contribution in [1.82, 2.24) is 0 Å². The second-order valence-electron chi connectivity index (χ2n) is 15.7. The number of ether oxygens (including phenoxy) is 8. The van der Waals surface area contributed by atoms with Crippen LogP contribution in [0.4, 0.5) is 0 Å². The van der Waals surface area contributed by atoms with E-state index in [0.29, 0.717) is 0 Å². The number of rotatable bonds is 11. The molecule has 0 amide bonds. The minimum Gasteiger partial charge on any atom is -0.508 e. The van der Waals surface area contributed by atoms with Crippen molar-refractivity contribution in [3.05, 3.63) is 46.6 Å². The fourth-order valence-corrected chi connectivity index (χ4v) is 7.68. The Labute approximate surface area is 355 Å². The highest BCUT2D eigenvalue weighted by atomic mass is 16.8. The third-order valence-electron chi connectivity index (χ3n) is 11.4. The molecule has 1 aromatic heterocycles. The average Bonchev–Trinajstić information content (AvgIpc) is 3.24. The van der Waals surface area contributed by atoms with Gasteiger partial charge in [-0.15, -0.1) is 0 Å². The molecule has 0 spiro atoms. The maximum absolute atomic E-state index is 14.2. The highest BCUT2D eigenvalue weighted by Gasteiger charge is 2.54. The fraction of sp³-hybridized carbons (Fsp3) is 0.615. The van der Waals surface area contributed by atoms with E-state index in [1.54, 1.807) is 0 Å². The van der Waals surface area contributed by atoms with Crippen LogP contribution >= 0.6 is 0 Å². The van der Waals surface area contributed by atoms with Crippen LogP contribution in [0.3, 0.4) is 0 Å². The van der Waals surface area contributed by atoms with Crippen LogP contribution in [-0.4, -0.2) is 208 Å². The van der Waals surface area contributed by atoms with E-state index < -0.39 is 164 Å². The molecule has 0 aliphatic carbocycles. The summed E-state index contributed by atoms with van der Waals surface area (Å²) in [6, 6.07) is 7.01. The van der Waals surface area contributed by atoms with Gasteiger partial charge in [0.15, 0.2) is 30.7 Å². The Bertz CT molecular complexity index is 2080. The van der Waals surface area contributed by atoms with Crippen LogP contribution < -0.4 is 10.2 Å². The summed E-state index contributed by atoms with van der Waals surface area (Å²) < 4.78 is 51.9. The monoisotopic (exact) mass is 902 g/mol. The Morgan fingerprint density at radius 3 is 1.81 bits per heavy atom. The summed E-state index contributed by atoms with van der Waals surface area (Å²) in [5.74, 6) is -2.48. The largest absolute Gasteiger partial charge is 0.508 e. The summed E-state index contributed by atoms with van der Waals surface area (Å²) in [7, 11) is 0. The zero-order valence-corrected chi connectivity index (χ0v) is 33.3. The fourth-order valence-electron chi connectivity index (χ4n) is 7.68. The second kappa shape index (κ2) is 18.9. The quantitative estimate of drug-likeness (QED) is 0.0859. The van der Waals surface area contributed by atoms with Gasteiger partial charge < -0.3 is 114 Å². The van der Waals surface area contributed by atoms with Gasteiger partial charge in [0, 0.05) is 17.7 Å². The number of aliphatic hydroxyl groups excluding tert-OH is 11. The van der Waals surface area contributed by atoms with E-state index >= 15 is 0 Å². The molecule has 0 unspecified atom stereocenters. The van der Waals surface area contributed by atoms with Crippen molar-refractivity contribution in [2.24, 2.45) is 0 Å². The number of hydrogen-bond donors (Lipinski definition) is 14. The molecule has 5 heterocycles. The molecule has 0 bridgehead atoms. The van der Waals surface area contributed by atoms with E-state index in [0.717, 1.165) is 12.1 Å². The molecule has 63 heavy (non-hydrogen) atoms. The minimum absolute atomic E-state index is 0.0931. The number of fused-ring (bicyclic) bond motifs is 1. The van der Waals surface area contributed by atoms with Crippen molar-refractivity contribution in [3.63, 3.8) is 0 Å². The SMILES string of the molecule is C[C@@H]1O[C@@H](O[C@H]2[C@H](Oc3c(-c4ccc(O)cc4)oc4cc(O)cc(O)c4c3=O)O[C@H](CO[C@@H]3O[C@@H](C)[C@H](O)[C@@H](O[C@@H]4O[C@H](CO)[C@@H](O)[C@H](O)[C@H]4O)[C@H]3O)[C@H](O)[C@@H]2O)[C@H](O)[C@H](O)[C@H]1O.